The molecule has 0 saturated carbocycles. The molecule has 1 saturated heterocycles. The summed E-state index contributed by atoms with van der Waals surface area (Å²) in [6.07, 6.45) is 4.47. The first-order chi connectivity index (χ1) is 16.5. The first kappa shape index (κ1) is 21.7. The van der Waals surface area contributed by atoms with Crippen molar-refractivity contribution in [3.05, 3.63) is 71.9 Å². The van der Waals surface area contributed by atoms with Gasteiger partial charge in [0.25, 0.3) is 5.91 Å². The molecule has 5 rings (SSSR count). The van der Waals surface area contributed by atoms with Gasteiger partial charge in [-0.3, -0.25) is 4.79 Å². The SMILES string of the molecule is Cc1ccc(C(=O)N2CCCC2c2nc(-c3ccccc3OC(F)F)no2)c(-n2nccn2)c1. The van der Waals surface area contributed by atoms with Crippen LogP contribution in [0.3, 0.4) is 0 Å². The number of hydrogen-bond acceptors (Lipinski definition) is 7. The van der Waals surface area contributed by atoms with E-state index in [1.807, 2.05) is 19.1 Å². The molecule has 174 valence electrons. The van der Waals surface area contributed by atoms with Crippen LogP contribution in [0.25, 0.3) is 17.1 Å². The molecule has 1 amide bonds. The molecule has 0 radical (unpaired) electrons. The van der Waals surface area contributed by atoms with Crippen LogP contribution < -0.4 is 4.74 Å². The number of likely N-dealkylation sites (tertiary alicyclic amines) is 1. The van der Waals surface area contributed by atoms with Crippen LogP contribution in [0, 0.1) is 6.92 Å². The molecule has 1 aliphatic heterocycles. The summed E-state index contributed by atoms with van der Waals surface area (Å²) in [5.41, 5.74) is 2.27. The molecule has 0 aliphatic carbocycles. The monoisotopic (exact) mass is 466 g/mol. The maximum atomic E-state index is 13.6. The quantitative estimate of drug-likeness (QED) is 0.420. The first-order valence-electron chi connectivity index (χ1n) is 10.7. The van der Waals surface area contributed by atoms with Gasteiger partial charge in [0.15, 0.2) is 0 Å². The van der Waals surface area contributed by atoms with E-state index in [2.05, 4.69) is 25.1 Å². The number of amides is 1. The van der Waals surface area contributed by atoms with E-state index in [4.69, 9.17) is 4.52 Å². The Morgan fingerprint density at radius 3 is 2.76 bits per heavy atom. The molecular weight excluding hydrogens is 446 g/mol. The van der Waals surface area contributed by atoms with Crippen LogP contribution in [-0.4, -0.2) is 49.1 Å². The molecule has 0 N–H and O–H groups in total. The first-order valence-corrected chi connectivity index (χ1v) is 10.7. The van der Waals surface area contributed by atoms with Gasteiger partial charge in [0.05, 0.1) is 29.2 Å². The Labute approximate surface area is 192 Å². The highest BCUT2D eigenvalue weighted by Crippen LogP contribution is 2.35. The highest BCUT2D eigenvalue weighted by atomic mass is 19.3. The second-order valence-corrected chi connectivity index (χ2v) is 7.83. The van der Waals surface area contributed by atoms with Crippen LogP contribution in [0.2, 0.25) is 0 Å². The maximum absolute atomic E-state index is 13.6. The fourth-order valence-electron chi connectivity index (χ4n) is 4.08. The Balaban J connectivity index is 1.45. The van der Waals surface area contributed by atoms with Crippen molar-refractivity contribution in [3.63, 3.8) is 0 Å². The number of halogens is 2. The summed E-state index contributed by atoms with van der Waals surface area (Å²) in [6.45, 7) is -0.551. The third-order valence-electron chi connectivity index (χ3n) is 5.60. The fraction of sp³-hybridized carbons (Fsp3) is 0.261. The number of alkyl halides is 2. The summed E-state index contributed by atoms with van der Waals surface area (Å²) in [7, 11) is 0. The second kappa shape index (κ2) is 9.00. The summed E-state index contributed by atoms with van der Waals surface area (Å²) in [6, 6.07) is 11.2. The van der Waals surface area contributed by atoms with Gasteiger partial charge in [-0.1, -0.05) is 23.4 Å². The van der Waals surface area contributed by atoms with E-state index < -0.39 is 12.7 Å². The molecule has 9 nitrogen and oxygen atoms in total. The van der Waals surface area contributed by atoms with Crippen molar-refractivity contribution < 1.29 is 22.8 Å². The zero-order valence-electron chi connectivity index (χ0n) is 18.1. The Morgan fingerprint density at radius 2 is 1.97 bits per heavy atom. The van der Waals surface area contributed by atoms with E-state index >= 15 is 0 Å². The predicted octanol–water partition coefficient (Wildman–Crippen LogP) is 4.20. The van der Waals surface area contributed by atoms with Crippen molar-refractivity contribution in [2.45, 2.75) is 32.4 Å². The smallest absolute Gasteiger partial charge is 0.387 e. The molecule has 1 aliphatic rings. The lowest BCUT2D eigenvalue weighted by molar-refractivity contribution is -0.0494. The topological polar surface area (TPSA) is 99.2 Å². The van der Waals surface area contributed by atoms with E-state index in [0.29, 0.717) is 24.2 Å². The number of aromatic nitrogens is 5. The van der Waals surface area contributed by atoms with Crippen LogP contribution >= 0.6 is 0 Å². The van der Waals surface area contributed by atoms with Crippen molar-refractivity contribution in [2.24, 2.45) is 0 Å². The molecular formula is C23H20F2N6O3. The number of rotatable bonds is 6. The van der Waals surface area contributed by atoms with Crippen LogP contribution in [0.1, 0.15) is 40.7 Å². The number of carbonyl (C=O) groups excluding carboxylic acids is 1. The van der Waals surface area contributed by atoms with Crippen molar-refractivity contribution in [3.8, 4) is 22.8 Å². The molecule has 2 aromatic heterocycles. The van der Waals surface area contributed by atoms with Crippen molar-refractivity contribution >= 4 is 5.91 Å². The van der Waals surface area contributed by atoms with E-state index in [9.17, 15) is 13.6 Å². The van der Waals surface area contributed by atoms with E-state index in [0.717, 1.165) is 12.0 Å². The van der Waals surface area contributed by atoms with Gasteiger partial charge in [0.1, 0.15) is 11.8 Å². The Morgan fingerprint density at radius 1 is 1.18 bits per heavy atom. The minimum Gasteiger partial charge on any atom is -0.434 e. The number of nitrogens with zero attached hydrogens (tertiary/aromatic N) is 6. The average Bonchev–Trinajstić information content (AvgIpc) is 3.60. The number of para-hydroxylation sites is 1. The van der Waals surface area contributed by atoms with Crippen molar-refractivity contribution in [1.29, 1.82) is 0 Å². The molecule has 3 heterocycles. The van der Waals surface area contributed by atoms with Gasteiger partial charge in [-0.05, 0) is 49.6 Å². The number of ether oxygens (including phenoxy) is 1. The maximum Gasteiger partial charge on any atom is 0.387 e. The number of hydrogen-bond donors (Lipinski definition) is 0. The molecule has 2 aromatic carbocycles. The normalized spacial score (nSPS) is 15.8. The zero-order valence-corrected chi connectivity index (χ0v) is 18.1. The summed E-state index contributed by atoms with van der Waals surface area (Å²) < 4.78 is 35.6. The Bertz CT molecular complexity index is 1310. The lowest BCUT2D eigenvalue weighted by Crippen LogP contribution is -2.31. The second-order valence-electron chi connectivity index (χ2n) is 7.83. The van der Waals surface area contributed by atoms with Gasteiger partial charge >= 0.3 is 6.61 Å². The van der Waals surface area contributed by atoms with Gasteiger partial charge in [-0.25, -0.2) is 0 Å². The summed E-state index contributed by atoms with van der Waals surface area (Å²) in [5, 5.41) is 12.3. The minimum absolute atomic E-state index is 0.0553. The average molecular weight is 466 g/mol. The summed E-state index contributed by atoms with van der Waals surface area (Å²) in [4.78, 5) is 21.1. The third kappa shape index (κ3) is 4.12. The van der Waals surface area contributed by atoms with Crippen molar-refractivity contribution in [2.75, 3.05) is 6.54 Å². The zero-order chi connectivity index (χ0) is 23.7. The van der Waals surface area contributed by atoms with E-state index in [1.165, 1.54) is 10.9 Å². The molecule has 11 heteroatoms. The van der Waals surface area contributed by atoms with Gasteiger partial charge < -0.3 is 14.2 Å². The largest absolute Gasteiger partial charge is 0.434 e. The van der Waals surface area contributed by atoms with Crippen LogP contribution in [0.5, 0.6) is 5.75 Å². The third-order valence-corrected chi connectivity index (χ3v) is 5.60. The molecule has 1 atom stereocenters. The molecule has 1 unspecified atom stereocenters. The van der Waals surface area contributed by atoms with Gasteiger partial charge in [0, 0.05) is 6.54 Å². The van der Waals surface area contributed by atoms with Crippen LogP contribution in [0.4, 0.5) is 8.78 Å². The van der Waals surface area contributed by atoms with Gasteiger partial charge in [-0.2, -0.15) is 28.8 Å². The van der Waals surface area contributed by atoms with Gasteiger partial charge in [-0.15, -0.1) is 0 Å². The lowest BCUT2D eigenvalue weighted by Gasteiger charge is -2.23. The Hall–Kier alpha value is -4.15. The minimum atomic E-state index is -2.98. The molecule has 4 aromatic rings. The summed E-state index contributed by atoms with van der Waals surface area (Å²) >= 11 is 0. The highest BCUT2D eigenvalue weighted by Gasteiger charge is 2.36. The van der Waals surface area contributed by atoms with Gasteiger partial charge in [0.2, 0.25) is 11.7 Å². The fourth-order valence-corrected chi connectivity index (χ4v) is 4.08. The number of benzene rings is 2. The number of aryl methyl sites for hydroxylation is 1. The predicted molar refractivity (Wildman–Crippen MR) is 115 cm³/mol. The standard InChI is InChI=1S/C23H20F2N6O3/c1-14-8-9-15(18(13-14)31-26-10-11-27-31)22(32)30-12-4-6-17(30)21-28-20(29-34-21)16-5-2-3-7-19(16)33-23(24)25/h2-3,5,7-11,13,17,23H,4,6,12H2,1H3. The van der Waals surface area contributed by atoms with Crippen LogP contribution in [-0.2, 0) is 0 Å². The number of carbonyl (C=O) groups is 1. The Kier molecular flexibility index (Phi) is 5.74. The lowest BCUT2D eigenvalue weighted by atomic mass is 10.1. The molecule has 0 bridgehead atoms. The van der Waals surface area contributed by atoms with Crippen LogP contribution in [0.15, 0.2) is 59.4 Å². The van der Waals surface area contributed by atoms with Crippen molar-refractivity contribution in [1.82, 2.24) is 30.0 Å². The van der Waals surface area contributed by atoms with E-state index in [1.54, 1.807) is 41.6 Å². The molecule has 1 fully saturated rings. The van der Waals surface area contributed by atoms with E-state index in [-0.39, 0.29) is 28.9 Å². The molecule has 0 spiro atoms. The highest BCUT2D eigenvalue weighted by molar-refractivity contribution is 5.98. The molecule has 34 heavy (non-hydrogen) atoms. The summed E-state index contributed by atoms with van der Waals surface area (Å²) in [5.74, 6) is 0.0806.